The van der Waals surface area contributed by atoms with Gasteiger partial charge < -0.3 is 15.8 Å². The Morgan fingerprint density at radius 3 is 2.71 bits per heavy atom. The van der Waals surface area contributed by atoms with E-state index in [-0.39, 0.29) is 11.5 Å². The van der Waals surface area contributed by atoms with Gasteiger partial charge in [-0.05, 0) is 31.0 Å². The first-order valence-electron chi connectivity index (χ1n) is 8.62. The summed E-state index contributed by atoms with van der Waals surface area (Å²) >= 11 is 1.07. The number of rotatable bonds is 6. The molecule has 0 aliphatic carbocycles. The molecular weight excluding hydrogens is 380 g/mol. The number of benzene rings is 1. The maximum atomic E-state index is 13.0. The Morgan fingerprint density at radius 2 is 2.07 bits per heavy atom. The van der Waals surface area contributed by atoms with Gasteiger partial charge in [0.05, 0.1) is 29.4 Å². The normalized spacial score (nSPS) is 12.0. The molecule has 1 aromatic carbocycles. The van der Waals surface area contributed by atoms with Gasteiger partial charge in [0.2, 0.25) is 5.91 Å². The van der Waals surface area contributed by atoms with E-state index >= 15 is 0 Å². The third-order valence-electron chi connectivity index (χ3n) is 4.49. The van der Waals surface area contributed by atoms with Crippen LogP contribution in [0.5, 0.6) is 5.75 Å². The van der Waals surface area contributed by atoms with Crippen molar-refractivity contribution in [1.82, 2.24) is 9.55 Å². The number of thiophene rings is 1. The number of carbonyl (C=O) groups is 2. The number of nitrogens with one attached hydrogen (secondary N) is 1. The molecule has 3 aromatic rings. The number of aromatic nitrogens is 2. The van der Waals surface area contributed by atoms with Gasteiger partial charge in [-0.2, -0.15) is 0 Å². The summed E-state index contributed by atoms with van der Waals surface area (Å²) < 4.78 is 6.54. The lowest BCUT2D eigenvalue weighted by Crippen LogP contribution is -2.33. The van der Waals surface area contributed by atoms with Crippen LogP contribution in [0.15, 0.2) is 35.4 Å². The topological polar surface area (TPSA) is 116 Å². The van der Waals surface area contributed by atoms with Crippen LogP contribution >= 0.6 is 11.3 Å². The van der Waals surface area contributed by atoms with Gasteiger partial charge in [0.1, 0.15) is 16.6 Å². The highest BCUT2D eigenvalue weighted by molar-refractivity contribution is 7.20. The number of methoxy groups -OCH3 is 1. The summed E-state index contributed by atoms with van der Waals surface area (Å²) in [7, 11) is 1.51. The van der Waals surface area contributed by atoms with Crippen LogP contribution in [-0.2, 0) is 4.79 Å². The number of hydrogen-bond acceptors (Lipinski definition) is 6. The van der Waals surface area contributed by atoms with Crippen molar-refractivity contribution in [3.8, 4) is 5.75 Å². The molecule has 0 radical (unpaired) electrons. The van der Waals surface area contributed by atoms with Crippen molar-refractivity contribution in [1.29, 1.82) is 0 Å². The maximum Gasteiger partial charge on any atom is 0.263 e. The SMILES string of the molecule is CCC(C(=O)Nc1ccccc1OC)n1cnc2sc(C(N)=O)c(C)c2c1=O. The Morgan fingerprint density at radius 1 is 1.36 bits per heavy atom. The fraction of sp³-hybridized carbons (Fsp3) is 0.263. The number of fused-ring (bicyclic) bond motifs is 1. The number of hydrogen-bond donors (Lipinski definition) is 2. The molecule has 9 heteroatoms. The van der Waals surface area contributed by atoms with Crippen LogP contribution in [0.4, 0.5) is 5.69 Å². The highest BCUT2D eigenvalue weighted by Gasteiger charge is 2.24. The number of carbonyl (C=O) groups excluding carboxylic acids is 2. The molecule has 3 rings (SSSR count). The molecular formula is C19H20N4O4S. The molecule has 0 aliphatic rings. The van der Waals surface area contributed by atoms with Gasteiger partial charge in [-0.1, -0.05) is 19.1 Å². The van der Waals surface area contributed by atoms with Crippen molar-refractivity contribution in [3.63, 3.8) is 0 Å². The lowest BCUT2D eigenvalue weighted by Gasteiger charge is -2.18. The van der Waals surface area contributed by atoms with E-state index in [9.17, 15) is 14.4 Å². The van der Waals surface area contributed by atoms with Crippen molar-refractivity contribution in [2.45, 2.75) is 26.3 Å². The second-order valence-electron chi connectivity index (χ2n) is 6.17. The molecule has 3 N–H and O–H groups in total. The van der Waals surface area contributed by atoms with Gasteiger partial charge in [0.25, 0.3) is 11.5 Å². The molecule has 0 bridgehead atoms. The van der Waals surface area contributed by atoms with Crippen LogP contribution in [-0.4, -0.2) is 28.5 Å². The molecule has 0 spiro atoms. The van der Waals surface area contributed by atoms with Crippen LogP contribution < -0.4 is 21.3 Å². The van der Waals surface area contributed by atoms with Crippen LogP contribution in [0.2, 0.25) is 0 Å². The van der Waals surface area contributed by atoms with E-state index in [1.165, 1.54) is 18.0 Å². The number of amides is 2. The van der Waals surface area contributed by atoms with Gasteiger partial charge in [-0.3, -0.25) is 19.0 Å². The van der Waals surface area contributed by atoms with E-state index in [1.807, 2.05) is 0 Å². The second kappa shape index (κ2) is 7.81. The Balaban J connectivity index is 2.02. The van der Waals surface area contributed by atoms with Crippen molar-refractivity contribution in [2.75, 3.05) is 12.4 Å². The molecule has 0 aliphatic heterocycles. The quantitative estimate of drug-likeness (QED) is 0.659. The predicted molar refractivity (Wildman–Crippen MR) is 108 cm³/mol. The Bertz CT molecular complexity index is 1120. The average molecular weight is 400 g/mol. The molecule has 0 fully saturated rings. The summed E-state index contributed by atoms with van der Waals surface area (Å²) in [5.74, 6) is -0.447. The van der Waals surface area contributed by atoms with E-state index in [2.05, 4.69) is 10.3 Å². The van der Waals surface area contributed by atoms with Crippen LogP contribution in [0.1, 0.15) is 34.6 Å². The molecule has 8 nitrogen and oxygen atoms in total. The predicted octanol–water partition coefficient (Wildman–Crippen LogP) is 2.46. The van der Waals surface area contributed by atoms with E-state index < -0.39 is 11.9 Å². The summed E-state index contributed by atoms with van der Waals surface area (Å²) in [6, 6.07) is 6.25. The van der Waals surface area contributed by atoms with Crippen molar-refractivity contribution >= 4 is 39.1 Å². The summed E-state index contributed by atoms with van der Waals surface area (Å²) in [4.78, 5) is 42.5. The molecule has 146 valence electrons. The third-order valence-corrected chi connectivity index (χ3v) is 5.70. The van der Waals surface area contributed by atoms with Crippen molar-refractivity contribution in [2.24, 2.45) is 5.73 Å². The highest BCUT2D eigenvalue weighted by Crippen LogP contribution is 2.28. The minimum Gasteiger partial charge on any atom is -0.495 e. The minimum absolute atomic E-state index is 0.295. The fourth-order valence-electron chi connectivity index (χ4n) is 3.07. The summed E-state index contributed by atoms with van der Waals surface area (Å²) in [5.41, 5.74) is 5.99. The molecule has 1 atom stereocenters. The largest absolute Gasteiger partial charge is 0.495 e. The lowest BCUT2D eigenvalue weighted by atomic mass is 10.1. The van der Waals surface area contributed by atoms with Gasteiger partial charge >= 0.3 is 0 Å². The van der Waals surface area contributed by atoms with E-state index in [0.29, 0.717) is 38.5 Å². The zero-order chi connectivity index (χ0) is 20.4. The van der Waals surface area contributed by atoms with Crippen molar-refractivity contribution in [3.05, 3.63) is 51.4 Å². The molecule has 0 saturated carbocycles. The monoisotopic (exact) mass is 400 g/mol. The minimum atomic E-state index is -0.773. The van der Waals surface area contributed by atoms with Gasteiger partial charge in [0.15, 0.2) is 0 Å². The van der Waals surface area contributed by atoms with Crippen LogP contribution in [0.25, 0.3) is 10.2 Å². The number of nitrogens with zero attached hydrogens (tertiary/aromatic N) is 2. The Labute approximate surface area is 165 Å². The summed E-state index contributed by atoms with van der Waals surface area (Å²) in [6.45, 7) is 3.46. The number of para-hydroxylation sites is 2. The zero-order valence-electron chi connectivity index (χ0n) is 15.7. The standard InChI is InChI=1S/C19H20N4O4S/c1-4-12(17(25)22-11-7-5-6-8-13(11)27-3)23-9-21-18-14(19(23)26)10(2)15(28-18)16(20)24/h5-9,12H,4H2,1-3H3,(H2,20,24)(H,22,25). The first-order chi connectivity index (χ1) is 13.4. The number of aryl methyl sites for hydroxylation is 1. The van der Waals surface area contributed by atoms with Gasteiger partial charge in [-0.25, -0.2) is 4.98 Å². The van der Waals surface area contributed by atoms with Gasteiger partial charge in [0, 0.05) is 0 Å². The maximum absolute atomic E-state index is 13.0. The third kappa shape index (κ3) is 3.36. The second-order valence-corrected chi connectivity index (χ2v) is 7.17. The first-order valence-corrected chi connectivity index (χ1v) is 9.44. The van der Waals surface area contributed by atoms with E-state index in [1.54, 1.807) is 38.1 Å². The lowest BCUT2D eigenvalue weighted by molar-refractivity contribution is -0.119. The Kier molecular flexibility index (Phi) is 5.46. The molecule has 2 amide bonds. The number of nitrogens with two attached hydrogens (primary N) is 1. The van der Waals surface area contributed by atoms with E-state index in [0.717, 1.165) is 11.3 Å². The number of primary amides is 1. The first kappa shape index (κ1) is 19.6. The smallest absolute Gasteiger partial charge is 0.263 e. The fourth-order valence-corrected chi connectivity index (χ4v) is 4.06. The Hall–Kier alpha value is -3.20. The zero-order valence-corrected chi connectivity index (χ0v) is 16.5. The molecule has 2 aromatic heterocycles. The number of ether oxygens (including phenoxy) is 1. The van der Waals surface area contributed by atoms with Crippen molar-refractivity contribution < 1.29 is 14.3 Å². The summed E-state index contributed by atoms with van der Waals surface area (Å²) in [6.07, 6.45) is 1.71. The average Bonchev–Trinajstić information content (AvgIpc) is 3.02. The van der Waals surface area contributed by atoms with Crippen LogP contribution in [0.3, 0.4) is 0 Å². The highest BCUT2D eigenvalue weighted by atomic mass is 32.1. The molecule has 0 saturated heterocycles. The van der Waals surface area contributed by atoms with E-state index in [4.69, 9.17) is 10.5 Å². The molecule has 2 heterocycles. The molecule has 28 heavy (non-hydrogen) atoms. The summed E-state index contributed by atoms with van der Waals surface area (Å²) in [5, 5.41) is 3.11. The van der Waals surface area contributed by atoms with Gasteiger partial charge in [-0.15, -0.1) is 11.3 Å². The van der Waals surface area contributed by atoms with Crippen LogP contribution in [0, 0.1) is 6.92 Å². The number of anilines is 1. The molecule has 1 unspecified atom stereocenters.